The van der Waals surface area contributed by atoms with Crippen LogP contribution in [0.1, 0.15) is 31.3 Å². The molecule has 2 heterocycles. The summed E-state index contributed by atoms with van der Waals surface area (Å²) in [7, 11) is 0. The van der Waals surface area contributed by atoms with E-state index in [9.17, 15) is 4.79 Å². The lowest BCUT2D eigenvalue weighted by Crippen LogP contribution is -2.36. The topological polar surface area (TPSA) is 54.0 Å². The van der Waals surface area contributed by atoms with Gasteiger partial charge in [0.15, 0.2) is 0 Å². The highest BCUT2D eigenvalue weighted by molar-refractivity contribution is 7.09. The molecule has 1 amide bonds. The number of thiazole rings is 1. The summed E-state index contributed by atoms with van der Waals surface area (Å²) in [5.41, 5.74) is 0. The Morgan fingerprint density at radius 1 is 1.71 bits per heavy atom. The SMILES string of the molecule is CCC(NC(=O)[C@@H]1CNC[C@H]1C)c1nccs1. The van der Waals surface area contributed by atoms with Gasteiger partial charge in [-0.05, 0) is 18.9 Å². The number of carbonyl (C=O) groups is 1. The zero-order valence-corrected chi connectivity index (χ0v) is 11.1. The summed E-state index contributed by atoms with van der Waals surface area (Å²) in [6, 6.07) is 0.0651. The van der Waals surface area contributed by atoms with Crippen molar-refractivity contribution in [2.24, 2.45) is 11.8 Å². The minimum absolute atomic E-state index is 0.0651. The first-order chi connectivity index (χ1) is 8.22. The Bertz CT molecular complexity index is 366. The second-order valence-electron chi connectivity index (χ2n) is 4.58. The maximum absolute atomic E-state index is 12.1. The summed E-state index contributed by atoms with van der Waals surface area (Å²) >= 11 is 1.60. The van der Waals surface area contributed by atoms with Crippen LogP contribution in [0.2, 0.25) is 0 Å². The number of rotatable bonds is 4. The van der Waals surface area contributed by atoms with Gasteiger partial charge in [-0.15, -0.1) is 11.3 Å². The van der Waals surface area contributed by atoms with Gasteiger partial charge in [0.1, 0.15) is 5.01 Å². The molecule has 0 aromatic carbocycles. The Balaban J connectivity index is 1.97. The molecule has 1 aromatic rings. The lowest BCUT2D eigenvalue weighted by molar-refractivity contribution is -0.126. The van der Waals surface area contributed by atoms with Crippen LogP contribution in [0.5, 0.6) is 0 Å². The van der Waals surface area contributed by atoms with Gasteiger partial charge < -0.3 is 10.6 Å². The van der Waals surface area contributed by atoms with Crippen LogP contribution in [-0.2, 0) is 4.79 Å². The molecular formula is C12H19N3OS. The van der Waals surface area contributed by atoms with Gasteiger partial charge in [0.05, 0.1) is 12.0 Å². The van der Waals surface area contributed by atoms with E-state index in [0.29, 0.717) is 5.92 Å². The Labute approximate surface area is 106 Å². The number of carbonyl (C=O) groups excluding carboxylic acids is 1. The van der Waals surface area contributed by atoms with E-state index in [4.69, 9.17) is 0 Å². The van der Waals surface area contributed by atoms with Crippen LogP contribution in [0.3, 0.4) is 0 Å². The van der Waals surface area contributed by atoms with Gasteiger partial charge in [0.2, 0.25) is 5.91 Å². The van der Waals surface area contributed by atoms with E-state index < -0.39 is 0 Å². The first-order valence-corrected chi connectivity index (χ1v) is 7.00. The number of hydrogen-bond acceptors (Lipinski definition) is 4. The lowest BCUT2D eigenvalue weighted by Gasteiger charge is -2.19. The van der Waals surface area contributed by atoms with E-state index in [2.05, 4.69) is 29.5 Å². The predicted molar refractivity (Wildman–Crippen MR) is 68.8 cm³/mol. The van der Waals surface area contributed by atoms with Crippen molar-refractivity contribution in [2.45, 2.75) is 26.3 Å². The molecule has 5 heteroatoms. The minimum Gasteiger partial charge on any atom is -0.347 e. The molecule has 0 spiro atoms. The van der Waals surface area contributed by atoms with Crippen LogP contribution in [0.4, 0.5) is 0 Å². The molecule has 4 nitrogen and oxygen atoms in total. The summed E-state index contributed by atoms with van der Waals surface area (Å²) in [6.45, 7) is 5.92. The van der Waals surface area contributed by atoms with Crippen LogP contribution in [0, 0.1) is 11.8 Å². The highest BCUT2D eigenvalue weighted by Gasteiger charge is 2.30. The highest BCUT2D eigenvalue weighted by Crippen LogP contribution is 2.21. The van der Waals surface area contributed by atoms with E-state index in [1.165, 1.54) is 0 Å². The third kappa shape index (κ3) is 2.84. The molecule has 0 saturated carbocycles. The van der Waals surface area contributed by atoms with Gasteiger partial charge in [-0.25, -0.2) is 4.98 Å². The molecule has 2 rings (SSSR count). The lowest BCUT2D eigenvalue weighted by atomic mass is 9.97. The van der Waals surface area contributed by atoms with Gasteiger partial charge in [-0.1, -0.05) is 13.8 Å². The largest absolute Gasteiger partial charge is 0.347 e. The van der Waals surface area contributed by atoms with Gasteiger partial charge in [0.25, 0.3) is 0 Å². The average molecular weight is 253 g/mol. The fourth-order valence-corrected chi connectivity index (χ4v) is 2.96. The van der Waals surface area contributed by atoms with Crippen molar-refractivity contribution in [2.75, 3.05) is 13.1 Å². The van der Waals surface area contributed by atoms with E-state index >= 15 is 0 Å². The monoisotopic (exact) mass is 253 g/mol. The molecule has 1 fully saturated rings. The maximum Gasteiger partial charge on any atom is 0.225 e. The number of nitrogens with one attached hydrogen (secondary N) is 2. The molecule has 3 atom stereocenters. The Kier molecular flexibility index (Phi) is 4.12. The second-order valence-corrected chi connectivity index (χ2v) is 5.51. The van der Waals surface area contributed by atoms with Gasteiger partial charge in [0, 0.05) is 18.1 Å². The van der Waals surface area contributed by atoms with Crippen molar-refractivity contribution in [3.05, 3.63) is 16.6 Å². The fourth-order valence-electron chi connectivity index (χ4n) is 2.18. The van der Waals surface area contributed by atoms with Gasteiger partial charge >= 0.3 is 0 Å². The molecule has 1 unspecified atom stereocenters. The molecule has 1 aliphatic rings. The van der Waals surface area contributed by atoms with Crippen molar-refractivity contribution in [3.8, 4) is 0 Å². The molecule has 0 aliphatic carbocycles. The van der Waals surface area contributed by atoms with Crippen molar-refractivity contribution in [3.63, 3.8) is 0 Å². The van der Waals surface area contributed by atoms with Crippen LogP contribution >= 0.6 is 11.3 Å². The highest BCUT2D eigenvalue weighted by atomic mass is 32.1. The number of aromatic nitrogens is 1. The van der Waals surface area contributed by atoms with E-state index in [1.54, 1.807) is 17.5 Å². The summed E-state index contributed by atoms with van der Waals surface area (Å²) in [5.74, 6) is 0.678. The van der Waals surface area contributed by atoms with Crippen molar-refractivity contribution >= 4 is 17.2 Å². The Morgan fingerprint density at radius 3 is 3.06 bits per heavy atom. The zero-order valence-electron chi connectivity index (χ0n) is 10.3. The van der Waals surface area contributed by atoms with Crippen LogP contribution in [0.15, 0.2) is 11.6 Å². The van der Waals surface area contributed by atoms with E-state index in [0.717, 1.165) is 24.5 Å². The number of nitrogens with zero attached hydrogens (tertiary/aromatic N) is 1. The van der Waals surface area contributed by atoms with E-state index in [1.807, 2.05) is 5.38 Å². The molecular weight excluding hydrogens is 234 g/mol. The summed E-state index contributed by atoms with van der Waals surface area (Å²) < 4.78 is 0. The molecule has 0 radical (unpaired) electrons. The quantitative estimate of drug-likeness (QED) is 0.856. The van der Waals surface area contributed by atoms with Gasteiger partial charge in [-0.2, -0.15) is 0 Å². The van der Waals surface area contributed by atoms with Crippen LogP contribution < -0.4 is 10.6 Å². The van der Waals surface area contributed by atoms with Crippen molar-refractivity contribution in [1.82, 2.24) is 15.6 Å². The normalized spacial score (nSPS) is 25.8. The minimum atomic E-state index is 0.0651. The predicted octanol–water partition coefficient (Wildman–Crippen LogP) is 1.57. The third-order valence-corrected chi connectivity index (χ3v) is 4.22. The molecule has 1 aliphatic heterocycles. The van der Waals surface area contributed by atoms with Crippen LogP contribution in [0.25, 0.3) is 0 Å². The Morgan fingerprint density at radius 2 is 2.53 bits per heavy atom. The fraction of sp³-hybridized carbons (Fsp3) is 0.667. The summed E-state index contributed by atoms with van der Waals surface area (Å²) in [6.07, 6.45) is 2.67. The first-order valence-electron chi connectivity index (χ1n) is 6.12. The molecule has 1 aromatic heterocycles. The van der Waals surface area contributed by atoms with Crippen LogP contribution in [-0.4, -0.2) is 24.0 Å². The summed E-state index contributed by atoms with van der Waals surface area (Å²) in [4.78, 5) is 16.4. The van der Waals surface area contributed by atoms with E-state index in [-0.39, 0.29) is 17.9 Å². The molecule has 17 heavy (non-hydrogen) atoms. The number of hydrogen-bond donors (Lipinski definition) is 2. The summed E-state index contributed by atoms with van der Waals surface area (Å²) in [5, 5.41) is 9.31. The molecule has 2 N–H and O–H groups in total. The smallest absolute Gasteiger partial charge is 0.225 e. The molecule has 1 saturated heterocycles. The van der Waals surface area contributed by atoms with Gasteiger partial charge in [-0.3, -0.25) is 4.79 Å². The maximum atomic E-state index is 12.1. The average Bonchev–Trinajstić information content (AvgIpc) is 2.96. The Hall–Kier alpha value is -0.940. The molecule has 94 valence electrons. The third-order valence-electron chi connectivity index (χ3n) is 3.33. The standard InChI is InChI=1S/C12H19N3OS/c1-3-10(12-14-4-5-17-12)15-11(16)9-7-13-6-8(9)2/h4-5,8-10,13H,3,6-7H2,1-2H3,(H,15,16)/t8-,9-,10?/m1/s1. The second kappa shape index (κ2) is 5.60. The molecule has 0 bridgehead atoms. The van der Waals surface area contributed by atoms with Crippen molar-refractivity contribution < 1.29 is 4.79 Å². The zero-order chi connectivity index (χ0) is 12.3. The van der Waals surface area contributed by atoms with Crippen molar-refractivity contribution in [1.29, 1.82) is 0 Å². The first kappa shape index (κ1) is 12.5. The number of amides is 1.